The zero-order valence-electron chi connectivity index (χ0n) is 17.7. The first-order chi connectivity index (χ1) is 13.5. The molecule has 4 heteroatoms. The van der Waals surface area contributed by atoms with Gasteiger partial charge in [-0.25, -0.2) is 9.78 Å². The lowest BCUT2D eigenvalue weighted by molar-refractivity contribution is 0.0690. The monoisotopic (exact) mass is 385 g/mol. The average molecular weight is 386 g/mol. The molecule has 0 amide bonds. The molecular weight excluding hydrogens is 350 g/mol. The Balaban J connectivity index is 1.99. The van der Waals surface area contributed by atoms with Crippen LogP contribution in [0.4, 0.5) is 0 Å². The molecule has 0 atom stereocenters. The van der Waals surface area contributed by atoms with Crippen molar-refractivity contribution in [2.75, 3.05) is 6.61 Å². The minimum atomic E-state index is -1.02. The molecule has 0 aliphatic rings. The zero-order chi connectivity index (χ0) is 20.4. The highest BCUT2D eigenvalue weighted by Gasteiger charge is 2.12. The number of aromatic carboxylic acids is 1. The summed E-state index contributed by atoms with van der Waals surface area (Å²) in [6, 6.07) is 7.62. The fourth-order valence-corrected chi connectivity index (χ4v) is 3.37. The van der Waals surface area contributed by atoms with Crippen LogP contribution in [0.2, 0.25) is 0 Å². The summed E-state index contributed by atoms with van der Waals surface area (Å²) in [5.74, 6) is 0.404. The van der Waals surface area contributed by atoms with Crippen molar-refractivity contribution in [3.8, 4) is 5.75 Å². The molecule has 0 aliphatic carbocycles. The van der Waals surface area contributed by atoms with E-state index in [-0.39, 0.29) is 5.69 Å². The molecule has 2 rings (SSSR count). The third kappa shape index (κ3) is 7.14. The van der Waals surface area contributed by atoms with E-state index >= 15 is 0 Å². The Kier molecular flexibility index (Phi) is 9.26. The number of nitrogens with zero attached hydrogens (tertiary/aromatic N) is 1. The van der Waals surface area contributed by atoms with Crippen LogP contribution >= 0.6 is 0 Å². The fourth-order valence-electron chi connectivity index (χ4n) is 3.37. The number of pyridine rings is 1. The van der Waals surface area contributed by atoms with Crippen molar-refractivity contribution in [2.24, 2.45) is 5.92 Å². The Labute approximate surface area is 169 Å². The van der Waals surface area contributed by atoms with Crippen molar-refractivity contribution in [1.82, 2.24) is 4.98 Å². The van der Waals surface area contributed by atoms with E-state index in [1.54, 1.807) is 6.07 Å². The third-order valence-electron chi connectivity index (χ3n) is 5.06. The minimum absolute atomic E-state index is 0.0393. The Morgan fingerprint density at radius 1 is 1.07 bits per heavy atom. The molecule has 0 saturated heterocycles. The van der Waals surface area contributed by atoms with E-state index in [0.717, 1.165) is 43.4 Å². The van der Waals surface area contributed by atoms with E-state index in [9.17, 15) is 9.90 Å². The van der Waals surface area contributed by atoms with Gasteiger partial charge >= 0.3 is 5.97 Å². The number of rotatable bonds is 13. The van der Waals surface area contributed by atoms with Gasteiger partial charge in [0.1, 0.15) is 5.75 Å². The molecule has 0 saturated carbocycles. The molecule has 0 radical (unpaired) electrons. The Morgan fingerprint density at radius 2 is 1.82 bits per heavy atom. The number of carboxylic acid groups (broad SMARTS) is 1. The molecule has 1 aromatic carbocycles. The van der Waals surface area contributed by atoms with E-state index < -0.39 is 5.97 Å². The van der Waals surface area contributed by atoms with Gasteiger partial charge in [-0.1, -0.05) is 65.4 Å². The maximum atomic E-state index is 11.4. The molecule has 0 bridgehead atoms. The van der Waals surface area contributed by atoms with Crippen LogP contribution in [0.3, 0.4) is 0 Å². The molecule has 0 spiro atoms. The smallest absolute Gasteiger partial charge is 0.354 e. The Bertz CT molecular complexity index is 755. The highest BCUT2D eigenvalue weighted by atomic mass is 16.5. The zero-order valence-corrected chi connectivity index (χ0v) is 17.7. The van der Waals surface area contributed by atoms with E-state index in [1.165, 1.54) is 31.2 Å². The first kappa shape index (κ1) is 22.2. The summed E-state index contributed by atoms with van der Waals surface area (Å²) in [5, 5.41) is 10.3. The van der Waals surface area contributed by atoms with Gasteiger partial charge in [0, 0.05) is 11.5 Å². The van der Waals surface area contributed by atoms with Gasteiger partial charge < -0.3 is 9.84 Å². The van der Waals surface area contributed by atoms with Crippen LogP contribution in [-0.4, -0.2) is 22.7 Å². The number of carbonyl (C=O) groups is 1. The van der Waals surface area contributed by atoms with Gasteiger partial charge in [0.2, 0.25) is 0 Å². The van der Waals surface area contributed by atoms with E-state index in [4.69, 9.17) is 4.74 Å². The molecule has 0 unspecified atom stereocenters. The van der Waals surface area contributed by atoms with Crippen LogP contribution in [0.1, 0.15) is 88.2 Å². The number of hydrogen-bond acceptors (Lipinski definition) is 3. The van der Waals surface area contributed by atoms with Crippen LogP contribution < -0.4 is 4.74 Å². The van der Waals surface area contributed by atoms with Crippen molar-refractivity contribution < 1.29 is 14.6 Å². The van der Waals surface area contributed by atoms with Crippen molar-refractivity contribution in [3.63, 3.8) is 0 Å². The van der Waals surface area contributed by atoms with Crippen LogP contribution in [0.15, 0.2) is 24.3 Å². The number of benzene rings is 1. The summed E-state index contributed by atoms with van der Waals surface area (Å²) >= 11 is 0. The largest absolute Gasteiger partial charge is 0.493 e. The quantitative estimate of drug-likeness (QED) is 0.392. The SMILES string of the molecule is CCCCc1ccc2nc(C(=O)O)cc(OCCCCCCCC(C)C)c2c1. The lowest BCUT2D eigenvalue weighted by Crippen LogP contribution is -2.04. The summed E-state index contributed by atoms with van der Waals surface area (Å²) in [7, 11) is 0. The normalized spacial score (nSPS) is 11.3. The highest BCUT2D eigenvalue weighted by molar-refractivity contribution is 5.93. The topological polar surface area (TPSA) is 59.4 Å². The second kappa shape index (κ2) is 11.7. The highest BCUT2D eigenvalue weighted by Crippen LogP contribution is 2.28. The van der Waals surface area contributed by atoms with Crippen molar-refractivity contribution >= 4 is 16.9 Å². The van der Waals surface area contributed by atoms with Crippen molar-refractivity contribution in [2.45, 2.75) is 78.6 Å². The Morgan fingerprint density at radius 3 is 2.54 bits per heavy atom. The number of ether oxygens (including phenoxy) is 1. The lowest BCUT2D eigenvalue weighted by atomic mass is 10.0. The average Bonchev–Trinajstić information content (AvgIpc) is 2.67. The van der Waals surface area contributed by atoms with Crippen LogP contribution in [0, 0.1) is 5.92 Å². The molecule has 1 N–H and O–H groups in total. The van der Waals surface area contributed by atoms with Gasteiger partial charge in [-0.15, -0.1) is 0 Å². The summed E-state index contributed by atoms with van der Waals surface area (Å²) in [6.45, 7) is 7.33. The number of carboxylic acids is 1. The first-order valence-electron chi connectivity index (χ1n) is 10.8. The van der Waals surface area contributed by atoms with E-state index in [0.29, 0.717) is 17.9 Å². The van der Waals surface area contributed by atoms with Crippen LogP contribution in [0.5, 0.6) is 5.75 Å². The molecule has 28 heavy (non-hydrogen) atoms. The molecule has 1 aromatic heterocycles. The number of fused-ring (bicyclic) bond motifs is 1. The van der Waals surface area contributed by atoms with Crippen LogP contribution in [0.25, 0.3) is 10.9 Å². The van der Waals surface area contributed by atoms with Gasteiger partial charge in [-0.3, -0.25) is 0 Å². The van der Waals surface area contributed by atoms with Gasteiger partial charge in [0.15, 0.2) is 5.69 Å². The first-order valence-corrected chi connectivity index (χ1v) is 10.8. The van der Waals surface area contributed by atoms with Gasteiger partial charge in [-0.05, 0) is 42.9 Å². The summed E-state index contributed by atoms with van der Waals surface area (Å²) in [6.07, 6.45) is 10.6. The predicted molar refractivity (Wildman–Crippen MR) is 115 cm³/mol. The van der Waals surface area contributed by atoms with E-state index in [1.807, 2.05) is 12.1 Å². The summed E-state index contributed by atoms with van der Waals surface area (Å²) in [4.78, 5) is 15.7. The summed E-state index contributed by atoms with van der Waals surface area (Å²) in [5.41, 5.74) is 1.97. The lowest BCUT2D eigenvalue weighted by Gasteiger charge is -2.12. The van der Waals surface area contributed by atoms with Gasteiger partial charge in [0.05, 0.1) is 12.1 Å². The molecule has 1 heterocycles. The van der Waals surface area contributed by atoms with Crippen molar-refractivity contribution in [1.29, 1.82) is 0 Å². The number of unbranched alkanes of at least 4 members (excludes halogenated alkanes) is 5. The molecule has 154 valence electrons. The summed E-state index contributed by atoms with van der Waals surface area (Å²) < 4.78 is 6.01. The molecule has 2 aromatic rings. The Hall–Kier alpha value is -2.10. The van der Waals surface area contributed by atoms with Gasteiger partial charge in [-0.2, -0.15) is 0 Å². The van der Waals surface area contributed by atoms with E-state index in [2.05, 4.69) is 31.8 Å². The minimum Gasteiger partial charge on any atom is -0.493 e. The van der Waals surface area contributed by atoms with Crippen LogP contribution in [-0.2, 0) is 6.42 Å². The number of aromatic nitrogens is 1. The molecule has 0 aliphatic heterocycles. The third-order valence-corrected chi connectivity index (χ3v) is 5.06. The maximum absolute atomic E-state index is 11.4. The molecular formula is C24H35NO3. The fraction of sp³-hybridized carbons (Fsp3) is 0.583. The second-order valence-electron chi connectivity index (χ2n) is 8.06. The molecule has 0 fully saturated rings. The predicted octanol–water partition coefficient (Wildman–Crippen LogP) is 6.65. The molecule has 4 nitrogen and oxygen atoms in total. The van der Waals surface area contributed by atoms with Gasteiger partial charge in [0.25, 0.3) is 0 Å². The van der Waals surface area contributed by atoms with Crippen molar-refractivity contribution in [3.05, 3.63) is 35.5 Å². The second-order valence-corrected chi connectivity index (χ2v) is 8.06. The number of hydrogen-bond donors (Lipinski definition) is 1. The standard InChI is InChI=1S/C24H35NO3/c1-4-5-12-19-13-14-21-20(16-19)23(17-22(25-21)24(26)27)28-15-10-8-6-7-9-11-18(2)3/h13-14,16-18H,4-12,15H2,1-3H3,(H,26,27). The number of aryl methyl sites for hydroxylation is 1. The maximum Gasteiger partial charge on any atom is 0.354 e.